The Hall–Kier alpha value is -0.670. The Morgan fingerprint density at radius 2 is 2.20 bits per heavy atom. The van der Waals surface area contributed by atoms with E-state index in [1.54, 1.807) is 11.8 Å². The number of nitrogens with two attached hydrogens (primary N) is 1. The first-order chi connectivity index (χ1) is 7.22. The zero-order valence-corrected chi connectivity index (χ0v) is 10.4. The van der Waals surface area contributed by atoms with Crippen molar-refractivity contribution < 1.29 is 4.74 Å². The van der Waals surface area contributed by atoms with Crippen LogP contribution in [0.5, 0.6) is 5.75 Å². The van der Waals surface area contributed by atoms with Gasteiger partial charge in [0.15, 0.2) is 0 Å². The van der Waals surface area contributed by atoms with E-state index in [0.29, 0.717) is 6.54 Å². The van der Waals surface area contributed by atoms with Gasteiger partial charge in [0.25, 0.3) is 0 Å². The molecule has 1 unspecified atom stereocenters. The van der Waals surface area contributed by atoms with E-state index in [4.69, 9.17) is 10.5 Å². The molecule has 0 amide bonds. The van der Waals surface area contributed by atoms with Crippen LogP contribution in [0.2, 0.25) is 0 Å². The maximum absolute atomic E-state index is 5.83. The summed E-state index contributed by atoms with van der Waals surface area (Å²) < 4.78 is 5.83. The number of ether oxygens (including phenoxy) is 1. The average molecular weight is 225 g/mol. The number of hydrogen-bond acceptors (Lipinski definition) is 3. The quantitative estimate of drug-likeness (QED) is 0.782. The lowest BCUT2D eigenvalue weighted by Gasteiger charge is -2.17. The SMILES string of the molecule is CCC(C)Oc1cccc(SC)c1CN. The molecule has 2 N–H and O–H groups in total. The molecule has 2 nitrogen and oxygen atoms in total. The van der Waals surface area contributed by atoms with Crippen molar-refractivity contribution in [2.75, 3.05) is 6.26 Å². The molecule has 0 aliphatic carbocycles. The molecule has 0 saturated heterocycles. The molecule has 1 atom stereocenters. The fourth-order valence-electron chi connectivity index (χ4n) is 1.35. The molecule has 0 bridgehead atoms. The minimum absolute atomic E-state index is 0.243. The molecule has 1 aromatic carbocycles. The van der Waals surface area contributed by atoms with Gasteiger partial charge < -0.3 is 10.5 Å². The molecular formula is C12H19NOS. The maximum atomic E-state index is 5.83. The second kappa shape index (κ2) is 6.03. The van der Waals surface area contributed by atoms with Crippen LogP contribution in [0, 0.1) is 0 Å². The summed E-state index contributed by atoms with van der Waals surface area (Å²) in [4.78, 5) is 1.21. The predicted octanol–water partition coefficient (Wildman–Crippen LogP) is 3.04. The van der Waals surface area contributed by atoms with Crippen LogP contribution in [0.4, 0.5) is 0 Å². The molecule has 0 radical (unpaired) electrons. The van der Waals surface area contributed by atoms with E-state index in [9.17, 15) is 0 Å². The number of thioether (sulfide) groups is 1. The summed E-state index contributed by atoms with van der Waals surface area (Å²) in [5, 5.41) is 0. The highest BCUT2D eigenvalue weighted by Gasteiger charge is 2.09. The Bertz CT molecular complexity index is 314. The number of hydrogen-bond donors (Lipinski definition) is 1. The first kappa shape index (κ1) is 12.4. The van der Waals surface area contributed by atoms with Gasteiger partial charge in [0, 0.05) is 17.0 Å². The molecule has 1 aromatic rings. The van der Waals surface area contributed by atoms with Crippen molar-refractivity contribution in [3.63, 3.8) is 0 Å². The van der Waals surface area contributed by atoms with E-state index in [1.165, 1.54) is 4.90 Å². The van der Waals surface area contributed by atoms with E-state index < -0.39 is 0 Å². The fraction of sp³-hybridized carbons (Fsp3) is 0.500. The lowest BCUT2D eigenvalue weighted by Crippen LogP contribution is -2.12. The van der Waals surface area contributed by atoms with Crippen LogP contribution in [0.1, 0.15) is 25.8 Å². The Balaban J connectivity index is 2.95. The summed E-state index contributed by atoms with van der Waals surface area (Å²) in [6, 6.07) is 6.09. The van der Waals surface area contributed by atoms with Crippen LogP contribution >= 0.6 is 11.8 Å². The van der Waals surface area contributed by atoms with Crippen LogP contribution in [0.25, 0.3) is 0 Å². The third-order valence-corrected chi connectivity index (χ3v) is 3.24. The summed E-state index contributed by atoms with van der Waals surface area (Å²) in [6.07, 6.45) is 3.31. The summed E-state index contributed by atoms with van der Waals surface area (Å²) in [7, 11) is 0. The van der Waals surface area contributed by atoms with Gasteiger partial charge in [-0.3, -0.25) is 0 Å². The highest BCUT2D eigenvalue weighted by atomic mass is 32.2. The lowest BCUT2D eigenvalue weighted by molar-refractivity contribution is 0.214. The first-order valence-electron chi connectivity index (χ1n) is 5.25. The van der Waals surface area contributed by atoms with Crippen molar-refractivity contribution in [3.05, 3.63) is 23.8 Å². The van der Waals surface area contributed by atoms with Crippen LogP contribution in [-0.2, 0) is 6.54 Å². The zero-order valence-electron chi connectivity index (χ0n) is 9.62. The molecule has 0 aromatic heterocycles. The van der Waals surface area contributed by atoms with E-state index in [0.717, 1.165) is 17.7 Å². The van der Waals surface area contributed by atoms with Gasteiger partial charge in [-0.2, -0.15) is 0 Å². The normalized spacial score (nSPS) is 12.5. The highest BCUT2D eigenvalue weighted by Crippen LogP contribution is 2.29. The van der Waals surface area contributed by atoms with Crippen molar-refractivity contribution in [2.45, 2.75) is 37.8 Å². The molecule has 15 heavy (non-hydrogen) atoms. The summed E-state index contributed by atoms with van der Waals surface area (Å²) >= 11 is 1.71. The third-order valence-electron chi connectivity index (χ3n) is 2.42. The van der Waals surface area contributed by atoms with Gasteiger partial charge in [0.2, 0.25) is 0 Å². The van der Waals surface area contributed by atoms with E-state index in [1.807, 2.05) is 12.1 Å². The van der Waals surface area contributed by atoms with Crippen molar-refractivity contribution in [1.29, 1.82) is 0 Å². The predicted molar refractivity (Wildman–Crippen MR) is 66.5 cm³/mol. The monoisotopic (exact) mass is 225 g/mol. The molecular weight excluding hydrogens is 206 g/mol. The van der Waals surface area contributed by atoms with Gasteiger partial charge in [-0.05, 0) is 31.7 Å². The lowest BCUT2D eigenvalue weighted by atomic mass is 10.2. The average Bonchev–Trinajstić information content (AvgIpc) is 2.28. The smallest absolute Gasteiger partial charge is 0.125 e. The molecule has 0 heterocycles. The molecule has 0 saturated carbocycles. The van der Waals surface area contributed by atoms with Crippen LogP contribution in [0.3, 0.4) is 0 Å². The number of rotatable bonds is 5. The second-order valence-electron chi connectivity index (χ2n) is 3.48. The Morgan fingerprint density at radius 3 is 2.73 bits per heavy atom. The molecule has 0 aliphatic rings. The van der Waals surface area contributed by atoms with Crippen molar-refractivity contribution in [2.24, 2.45) is 5.73 Å². The standard InChI is InChI=1S/C12H19NOS/c1-4-9(2)14-11-6-5-7-12(15-3)10(11)8-13/h5-7,9H,4,8,13H2,1-3H3. The van der Waals surface area contributed by atoms with Crippen molar-refractivity contribution in [3.8, 4) is 5.75 Å². The fourth-order valence-corrected chi connectivity index (χ4v) is 1.99. The van der Waals surface area contributed by atoms with Crippen molar-refractivity contribution >= 4 is 11.8 Å². The molecule has 84 valence electrons. The highest BCUT2D eigenvalue weighted by molar-refractivity contribution is 7.98. The van der Waals surface area contributed by atoms with Gasteiger partial charge in [-0.15, -0.1) is 11.8 Å². The topological polar surface area (TPSA) is 35.2 Å². The number of benzene rings is 1. The molecule has 0 aliphatic heterocycles. The molecule has 3 heteroatoms. The Morgan fingerprint density at radius 1 is 1.47 bits per heavy atom. The third kappa shape index (κ3) is 3.14. The van der Waals surface area contributed by atoms with Gasteiger partial charge >= 0.3 is 0 Å². The van der Waals surface area contributed by atoms with Crippen molar-refractivity contribution in [1.82, 2.24) is 0 Å². The minimum atomic E-state index is 0.243. The Labute approximate surface area is 96.2 Å². The first-order valence-corrected chi connectivity index (χ1v) is 6.48. The Kier molecular flexibility index (Phi) is 4.99. The molecule has 0 spiro atoms. The maximum Gasteiger partial charge on any atom is 0.125 e. The van der Waals surface area contributed by atoms with Gasteiger partial charge in [-0.1, -0.05) is 13.0 Å². The van der Waals surface area contributed by atoms with Gasteiger partial charge in [-0.25, -0.2) is 0 Å². The van der Waals surface area contributed by atoms with Gasteiger partial charge in [0.05, 0.1) is 6.10 Å². The molecule has 0 fully saturated rings. The summed E-state index contributed by atoms with van der Waals surface area (Å²) in [6.45, 7) is 4.72. The largest absolute Gasteiger partial charge is 0.490 e. The van der Waals surface area contributed by atoms with Crippen LogP contribution < -0.4 is 10.5 Å². The summed E-state index contributed by atoms with van der Waals surface area (Å²) in [5.41, 5.74) is 6.87. The van der Waals surface area contributed by atoms with Gasteiger partial charge in [0.1, 0.15) is 5.75 Å². The molecule has 1 rings (SSSR count). The van der Waals surface area contributed by atoms with Crippen LogP contribution in [-0.4, -0.2) is 12.4 Å². The zero-order chi connectivity index (χ0) is 11.3. The van der Waals surface area contributed by atoms with E-state index >= 15 is 0 Å². The minimum Gasteiger partial charge on any atom is -0.490 e. The van der Waals surface area contributed by atoms with E-state index in [-0.39, 0.29) is 6.10 Å². The second-order valence-corrected chi connectivity index (χ2v) is 4.33. The summed E-state index contributed by atoms with van der Waals surface area (Å²) in [5.74, 6) is 0.929. The van der Waals surface area contributed by atoms with Crippen LogP contribution in [0.15, 0.2) is 23.1 Å². The van der Waals surface area contributed by atoms with E-state index in [2.05, 4.69) is 26.2 Å².